The summed E-state index contributed by atoms with van der Waals surface area (Å²) in [5, 5.41) is 9.02. The molecule has 3 aromatic rings. The van der Waals surface area contributed by atoms with Crippen LogP contribution in [0.1, 0.15) is 37.3 Å². The monoisotopic (exact) mass is 496 g/mol. The minimum atomic E-state index is -0.276. The van der Waals surface area contributed by atoms with Gasteiger partial charge in [0.05, 0.1) is 31.4 Å². The summed E-state index contributed by atoms with van der Waals surface area (Å²) >= 11 is 11.8. The highest BCUT2D eigenvalue weighted by molar-refractivity contribution is 7.80. The molecule has 2 aliphatic heterocycles. The number of thiocarbonyl (C=S) groups is 1. The Hall–Kier alpha value is -2.94. The maximum absolute atomic E-state index is 6.04. The number of ether oxygens (including phenoxy) is 2. The predicted octanol–water partition coefficient (Wildman–Crippen LogP) is 5.24. The van der Waals surface area contributed by atoms with Gasteiger partial charge in [-0.1, -0.05) is 28.9 Å². The number of nitrogens with zero attached hydrogens (tertiary/aromatic N) is 3. The smallest absolute Gasteiger partial charge is 0.258 e. The summed E-state index contributed by atoms with van der Waals surface area (Å²) in [7, 11) is 1.65. The minimum Gasteiger partial charge on any atom is -0.497 e. The van der Waals surface area contributed by atoms with E-state index in [1.54, 1.807) is 19.2 Å². The molecule has 0 radical (unpaired) electrons. The summed E-state index contributed by atoms with van der Waals surface area (Å²) in [5.41, 5.74) is 3.64. The van der Waals surface area contributed by atoms with Gasteiger partial charge >= 0.3 is 0 Å². The first-order valence-electron chi connectivity index (χ1n) is 11.2. The Bertz CT molecular complexity index is 1220. The zero-order valence-electron chi connectivity index (χ0n) is 19.0. The van der Waals surface area contributed by atoms with E-state index in [0.29, 0.717) is 28.4 Å². The minimum absolute atomic E-state index is 0.136. The Kier molecular flexibility index (Phi) is 6.54. The Labute approximate surface area is 208 Å². The molecule has 2 aliphatic rings. The van der Waals surface area contributed by atoms with Gasteiger partial charge in [0.25, 0.3) is 5.89 Å². The maximum Gasteiger partial charge on any atom is 0.258 e. The molecule has 1 fully saturated rings. The van der Waals surface area contributed by atoms with E-state index in [-0.39, 0.29) is 12.1 Å². The topological polar surface area (TPSA) is 72.7 Å². The van der Waals surface area contributed by atoms with Crippen LogP contribution >= 0.6 is 23.8 Å². The summed E-state index contributed by atoms with van der Waals surface area (Å²) in [6.45, 7) is 3.50. The average Bonchev–Trinajstić information content (AvgIpc) is 3.54. The molecule has 0 amide bonds. The largest absolute Gasteiger partial charge is 0.497 e. The lowest BCUT2D eigenvalue weighted by Gasteiger charge is -2.38. The molecule has 0 aliphatic carbocycles. The fourth-order valence-corrected chi connectivity index (χ4v) is 4.85. The van der Waals surface area contributed by atoms with Crippen molar-refractivity contribution in [1.29, 1.82) is 0 Å². The first kappa shape index (κ1) is 22.8. The summed E-state index contributed by atoms with van der Waals surface area (Å²) in [5.74, 6) is 1.69. The molecule has 3 heterocycles. The van der Waals surface area contributed by atoms with Crippen molar-refractivity contribution in [3.8, 4) is 17.1 Å². The fraction of sp³-hybridized carbons (Fsp3) is 0.320. The van der Waals surface area contributed by atoms with Gasteiger partial charge in [0.15, 0.2) is 5.11 Å². The SMILES string of the molecule is COc1cccc(C2NC(=S)N(CC3CCCO3)C(C)=C2c2nc(-c3ccc(Cl)cc3)no2)c1. The molecule has 0 spiro atoms. The van der Waals surface area contributed by atoms with Crippen LogP contribution in [0.5, 0.6) is 5.75 Å². The zero-order chi connectivity index (χ0) is 23.7. The van der Waals surface area contributed by atoms with Gasteiger partial charge in [0.2, 0.25) is 5.82 Å². The highest BCUT2D eigenvalue weighted by Crippen LogP contribution is 2.38. The van der Waals surface area contributed by atoms with E-state index in [2.05, 4.69) is 15.4 Å². The molecular formula is C25H25ClN4O3S. The van der Waals surface area contributed by atoms with Crippen LogP contribution in [0.15, 0.2) is 58.8 Å². The Morgan fingerprint density at radius 2 is 2.06 bits per heavy atom. The molecule has 2 unspecified atom stereocenters. The number of rotatable bonds is 6. The number of halogens is 1. The second-order valence-corrected chi connectivity index (χ2v) is 9.16. The maximum atomic E-state index is 6.04. The van der Waals surface area contributed by atoms with E-state index in [1.807, 2.05) is 43.3 Å². The normalized spacial score (nSPS) is 20.6. The highest BCUT2D eigenvalue weighted by Gasteiger charge is 2.35. The first-order chi connectivity index (χ1) is 16.5. The van der Waals surface area contributed by atoms with E-state index in [0.717, 1.165) is 47.6 Å². The van der Waals surface area contributed by atoms with E-state index >= 15 is 0 Å². The van der Waals surface area contributed by atoms with E-state index in [4.69, 9.17) is 42.8 Å². The summed E-state index contributed by atoms with van der Waals surface area (Å²) in [4.78, 5) is 6.82. The molecule has 0 saturated carbocycles. The lowest BCUT2D eigenvalue weighted by Crippen LogP contribution is -2.48. The zero-order valence-corrected chi connectivity index (χ0v) is 20.5. The molecule has 34 heavy (non-hydrogen) atoms. The van der Waals surface area contributed by atoms with Crippen LogP contribution in [0.4, 0.5) is 0 Å². The van der Waals surface area contributed by atoms with Gasteiger partial charge in [-0.25, -0.2) is 0 Å². The van der Waals surface area contributed by atoms with Gasteiger partial charge in [-0.2, -0.15) is 4.98 Å². The number of nitrogens with one attached hydrogen (secondary N) is 1. The highest BCUT2D eigenvalue weighted by atomic mass is 35.5. The Balaban J connectivity index is 1.57. The lowest BCUT2D eigenvalue weighted by molar-refractivity contribution is 0.0962. The van der Waals surface area contributed by atoms with Crippen LogP contribution in [-0.4, -0.2) is 46.5 Å². The van der Waals surface area contributed by atoms with Gasteiger partial charge in [-0.3, -0.25) is 0 Å². The molecular weight excluding hydrogens is 472 g/mol. The van der Waals surface area contributed by atoms with Crippen molar-refractivity contribution in [2.24, 2.45) is 0 Å². The van der Waals surface area contributed by atoms with Gasteiger partial charge in [0.1, 0.15) is 5.75 Å². The Morgan fingerprint density at radius 3 is 2.79 bits per heavy atom. The molecule has 0 bridgehead atoms. The van der Waals surface area contributed by atoms with Gasteiger partial charge in [-0.05, 0) is 73.9 Å². The number of hydrogen-bond donors (Lipinski definition) is 1. The van der Waals surface area contributed by atoms with Crippen molar-refractivity contribution >= 4 is 34.5 Å². The van der Waals surface area contributed by atoms with Crippen LogP contribution in [-0.2, 0) is 4.74 Å². The lowest BCUT2D eigenvalue weighted by atomic mass is 9.94. The molecule has 9 heteroatoms. The van der Waals surface area contributed by atoms with Crippen LogP contribution in [0.25, 0.3) is 17.0 Å². The first-order valence-corrected chi connectivity index (χ1v) is 12.0. The third-order valence-electron chi connectivity index (χ3n) is 6.19. The van der Waals surface area contributed by atoms with Gasteiger partial charge in [0, 0.05) is 22.9 Å². The van der Waals surface area contributed by atoms with E-state index in [9.17, 15) is 0 Å². The standard InChI is InChI=1S/C25H25ClN4O3S/c1-15-21(24-28-23(29-33-24)16-8-10-18(26)11-9-16)22(17-5-3-6-19(13-17)31-2)27-25(34)30(15)14-20-7-4-12-32-20/h3,5-6,8-11,13,20,22H,4,7,12,14H2,1-2H3,(H,27,34). The van der Waals surface area contributed by atoms with Crippen molar-refractivity contribution in [3.63, 3.8) is 0 Å². The molecule has 1 N–H and O–H groups in total. The molecule has 7 nitrogen and oxygen atoms in total. The van der Waals surface area contributed by atoms with E-state index in [1.165, 1.54) is 0 Å². The van der Waals surface area contributed by atoms with Gasteiger partial charge < -0.3 is 24.2 Å². The van der Waals surface area contributed by atoms with Crippen molar-refractivity contribution in [2.45, 2.75) is 31.9 Å². The summed E-state index contributed by atoms with van der Waals surface area (Å²) < 4.78 is 17.1. The van der Waals surface area contributed by atoms with Crippen molar-refractivity contribution in [1.82, 2.24) is 20.4 Å². The number of methoxy groups -OCH3 is 1. The second-order valence-electron chi connectivity index (χ2n) is 8.33. The van der Waals surface area contributed by atoms with Crippen LogP contribution in [0, 0.1) is 0 Å². The summed E-state index contributed by atoms with van der Waals surface area (Å²) in [6, 6.07) is 15.0. The molecule has 2 atom stereocenters. The average molecular weight is 497 g/mol. The fourth-order valence-electron chi connectivity index (χ4n) is 4.39. The summed E-state index contributed by atoms with van der Waals surface area (Å²) in [6.07, 6.45) is 2.22. The van der Waals surface area contributed by atoms with Crippen molar-refractivity contribution in [3.05, 3.63) is 70.7 Å². The number of aromatic nitrogens is 2. The van der Waals surface area contributed by atoms with Crippen LogP contribution < -0.4 is 10.1 Å². The van der Waals surface area contributed by atoms with Gasteiger partial charge in [-0.15, -0.1) is 0 Å². The van der Waals surface area contributed by atoms with Crippen molar-refractivity contribution < 1.29 is 14.0 Å². The quantitative estimate of drug-likeness (QED) is 0.464. The number of allylic oxidation sites excluding steroid dienone is 1. The van der Waals surface area contributed by atoms with Crippen molar-refractivity contribution in [2.75, 3.05) is 20.3 Å². The number of hydrogen-bond acceptors (Lipinski definition) is 6. The third-order valence-corrected chi connectivity index (χ3v) is 6.78. The third kappa shape index (κ3) is 4.53. The van der Waals surface area contributed by atoms with Crippen LogP contribution in [0.2, 0.25) is 5.02 Å². The molecule has 1 aromatic heterocycles. The molecule has 1 saturated heterocycles. The Morgan fingerprint density at radius 1 is 1.24 bits per heavy atom. The number of benzene rings is 2. The molecule has 2 aromatic carbocycles. The second kappa shape index (κ2) is 9.74. The van der Waals surface area contributed by atoms with E-state index < -0.39 is 0 Å². The molecule has 176 valence electrons. The molecule has 5 rings (SSSR count). The predicted molar refractivity (Wildman–Crippen MR) is 134 cm³/mol. The van der Waals surface area contributed by atoms with Crippen LogP contribution in [0.3, 0.4) is 0 Å².